The molecule has 106 valence electrons. The molecule has 0 saturated heterocycles. The van der Waals surface area contributed by atoms with Gasteiger partial charge in [-0.05, 0) is 70.9 Å². The fourth-order valence-corrected chi connectivity index (χ4v) is 3.26. The van der Waals surface area contributed by atoms with E-state index in [0.717, 1.165) is 23.0 Å². The molecule has 1 nitrogen and oxygen atoms in total. The Labute approximate surface area is 141 Å². The molecule has 20 heavy (non-hydrogen) atoms. The average molecular weight is 448 g/mol. The molecule has 0 fully saturated rings. The summed E-state index contributed by atoms with van der Waals surface area (Å²) in [7, 11) is 0. The molecule has 0 aliphatic carbocycles. The van der Waals surface area contributed by atoms with Gasteiger partial charge in [0.05, 0.1) is 0 Å². The first-order chi connectivity index (χ1) is 9.60. The third kappa shape index (κ3) is 4.27. The number of rotatable bonds is 5. The van der Waals surface area contributed by atoms with Crippen LogP contribution in [0.15, 0.2) is 46.9 Å². The molecule has 0 saturated carbocycles. The van der Waals surface area contributed by atoms with Gasteiger partial charge in [0, 0.05) is 14.1 Å². The zero-order valence-electron chi connectivity index (χ0n) is 11.2. The highest BCUT2D eigenvalue weighted by Crippen LogP contribution is 2.25. The molecule has 2 aromatic carbocycles. The Bertz CT molecular complexity index is 588. The lowest BCUT2D eigenvalue weighted by Gasteiger charge is -2.19. The minimum absolute atomic E-state index is 0.213. The summed E-state index contributed by atoms with van der Waals surface area (Å²) in [5, 5.41) is 3.50. The van der Waals surface area contributed by atoms with Gasteiger partial charge in [-0.15, -0.1) is 0 Å². The van der Waals surface area contributed by atoms with Crippen LogP contribution in [0.1, 0.15) is 24.1 Å². The van der Waals surface area contributed by atoms with Gasteiger partial charge in [0.25, 0.3) is 0 Å². The van der Waals surface area contributed by atoms with E-state index in [1.54, 1.807) is 0 Å². The van der Waals surface area contributed by atoms with Crippen LogP contribution in [0.25, 0.3) is 0 Å². The molecule has 0 spiro atoms. The topological polar surface area (TPSA) is 12.0 Å². The zero-order valence-corrected chi connectivity index (χ0v) is 14.9. The van der Waals surface area contributed by atoms with Crippen molar-refractivity contribution < 1.29 is 4.39 Å². The monoisotopic (exact) mass is 447 g/mol. The molecule has 0 bridgehead atoms. The Morgan fingerprint density at radius 2 is 2.05 bits per heavy atom. The molecular weight excluding hydrogens is 432 g/mol. The summed E-state index contributed by atoms with van der Waals surface area (Å²) in [5.74, 6) is -0.213. The van der Waals surface area contributed by atoms with Crippen molar-refractivity contribution in [1.82, 2.24) is 5.32 Å². The van der Waals surface area contributed by atoms with E-state index in [1.165, 1.54) is 21.3 Å². The van der Waals surface area contributed by atoms with E-state index in [4.69, 9.17) is 0 Å². The third-order valence-corrected chi connectivity index (χ3v) is 4.55. The summed E-state index contributed by atoms with van der Waals surface area (Å²) in [5.41, 5.74) is 2.37. The maximum absolute atomic E-state index is 13.2. The van der Waals surface area contributed by atoms with Crippen molar-refractivity contribution in [1.29, 1.82) is 0 Å². The van der Waals surface area contributed by atoms with E-state index < -0.39 is 0 Å². The lowest BCUT2D eigenvalue weighted by atomic mass is 9.99. The fourth-order valence-electron chi connectivity index (χ4n) is 2.18. The Kier molecular flexibility index (Phi) is 5.99. The van der Waals surface area contributed by atoms with Crippen LogP contribution in [0.4, 0.5) is 4.39 Å². The van der Waals surface area contributed by atoms with Crippen molar-refractivity contribution in [2.45, 2.75) is 19.4 Å². The molecule has 0 heterocycles. The molecule has 4 heteroatoms. The number of likely N-dealkylation sites (N-methyl/N-ethyl adjacent to an activating group) is 1. The van der Waals surface area contributed by atoms with E-state index in [9.17, 15) is 4.39 Å². The number of hydrogen-bond donors (Lipinski definition) is 1. The van der Waals surface area contributed by atoms with Gasteiger partial charge in [-0.1, -0.05) is 41.1 Å². The van der Waals surface area contributed by atoms with E-state index in [-0.39, 0.29) is 11.9 Å². The van der Waals surface area contributed by atoms with Gasteiger partial charge >= 0.3 is 0 Å². The van der Waals surface area contributed by atoms with Gasteiger partial charge in [0.2, 0.25) is 0 Å². The number of halogens is 3. The van der Waals surface area contributed by atoms with Gasteiger partial charge < -0.3 is 5.32 Å². The van der Waals surface area contributed by atoms with E-state index in [1.807, 2.05) is 6.07 Å². The smallest absolute Gasteiger partial charge is 0.124 e. The van der Waals surface area contributed by atoms with Crippen LogP contribution in [-0.2, 0) is 6.42 Å². The van der Waals surface area contributed by atoms with Crippen LogP contribution in [0, 0.1) is 9.39 Å². The second kappa shape index (κ2) is 7.52. The largest absolute Gasteiger partial charge is 0.310 e. The van der Waals surface area contributed by atoms with Crippen molar-refractivity contribution in [2.24, 2.45) is 0 Å². The predicted molar refractivity (Wildman–Crippen MR) is 93.4 cm³/mol. The Morgan fingerprint density at radius 1 is 1.25 bits per heavy atom. The lowest BCUT2D eigenvalue weighted by Crippen LogP contribution is -2.23. The van der Waals surface area contributed by atoms with Crippen LogP contribution in [0.2, 0.25) is 0 Å². The second-order valence-corrected chi connectivity index (χ2v) is 6.71. The molecule has 1 unspecified atom stereocenters. The molecule has 0 aromatic heterocycles. The summed E-state index contributed by atoms with van der Waals surface area (Å²) >= 11 is 5.77. The molecule has 0 radical (unpaired) electrons. The first kappa shape index (κ1) is 15.9. The SMILES string of the molecule is CCNC(Cc1ccc(F)cc1Br)c1cccc(I)c1. The summed E-state index contributed by atoms with van der Waals surface area (Å²) in [6, 6.07) is 13.6. The van der Waals surface area contributed by atoms with Crippen LogP contribution < -0.4 is 5.32 Å². The van der Waals surface area contributed by atoms with Crippen LogP contribution in [0.5, 0.6) is 0 Å². The molecule has 2 rings (SSSR count). The van der Waals surface area contributed by atoms with Gasteiger partial charge in [0.15, 0.2) is 0 Å². The first-order valence-corrected chi connectivity index (χ1v) is 8.40. The number of benzene rings is 2. The fraction of sp³-hybridized carbons (Fsp3) is 0.250. The quantitative estimate of drug-likeness (QED) is 0.629. The van der Waals surface area contributed by atoms with Gasteiger partial charge in [0.1, 0.15) is 5.82 Å². The zero-order chi connectivity index (χ0) is 14.5. The van der Waals surface area contributed by atoms with Gasteiger partial charge in [-0.2, -0.15) is 0 Å². The normalized spacial score (nSPS) is 12.4. The van der Waals surface area contributed by atoms with Crippen LogP contribution in [0.3, 0.4) is 0 Å². The van der Waals surface area contributed by atoms with Crippen LogP contribution >= 0.6 is 38.5 Å². The standard InChI is InChI=1S/C16H16BrFIN/c1-2-20-16(12-4-3-5-14(19)8-12)9-11-6-7-13(18)10-15(11)17/h3-8,10,16,20H,2,9H2,1H3. The van der Waals surface area contributed by atoms with Crippen molar-refractivity contribution in [3.05, 3.63) is 67.5 Å². The third-order valence-electron chi connectivity index (χ3n) is 3.14. The second-order valence-electron chi connectivity index (χ2n) is 4.61. The van der Waals surface area contributed by atoms with E-state index in [2.05, 4.69) is 75.0 Å². The molecule has 0 amide bonds. The minimum Gasteiger partial charge on any atom is -0.310 e. The summed E-state index contributed by atoms with van der Waals surface area (Å²) in [6.07, 6.45) is 0.828. The highest BCUT2D eigenvalue weighted by molar-refractivity contribution is 14.1. The summed E-state index contributed by atoms with van der Waals surface area (Å²) < 4.78 is 15.2. The van der Waals surface area contributed by atoms with Crippen molar-refractivity contribution in [2.75, 3.05) is 6.54 Å². The predicted octanol–water partition coefficient (Wildman–Crippen LogP) is 5.09. The van der Waals surface area contributed by atoms with Crippen molar-refractivity contribution >= 4 is 38.5 Å². The molecule has 1 atom stereocenters. The molecule has 0 aliphatic heterocycles. The van der Waals surface area contributed by atoms with Crippen molar-refractivity contribution in [3.63, 3.8) is 0 Å². The summed E-state index contributed by atoms with van der Waals surface area (Å²) in [6.45, 7) is 3.00. The van der Waals surface area contributed by atoms with Gasteiger partial charge in [-0.25, -0.2) is 4.39 Å². The molecule has 2 aromatic rings. The first-order valence-electron chi connectivity index (χ1n) is 6.53. The maximum atomic E-state index is 13.2. The Hall–Kier alpha value is -0.460. The molecular formula is C16H16BrFIN. The highest BCUT2D eigenvalue weighted by Gasteiger charge is 2.13. The minimum atomic E-state index is -0.213. The van der Waals surface area contributed by atoms with Crippen molar-refractivity contribution in [3.8, 4) is 0 Å². The van der Waals surface area contributed by atoms with E-state index in [0.29, 0.717) is 0 Å². The number of hydrogen-bond acceptors (Lipinski definition) is 1. The Morgan fingerprint density at radius 3 is 2.70 bits per heavy atom. The highest BCUT2D eigenvalue weighted by atomic mass is 127. The maximum Gasteiger partial charge on any atom is 0.124 e. The number of nitrogens with one attached hydrogen (secondary N) is 1. The van der Waals surface area contributed by atoms with Gasteiger partial charge in [-0.3, -0.25) is 0 Å². The molecule has 1 N–H and O–H groups in total. The van der Waals surface area contributed by atoms with Crippen LogP contribution in [-0.4, -0.2) is 6.54 Å². The van der Waals surface area contributed by atoms with E-state index >= 15 is 0 Å². The summed E-state index contributed by atoms with van der Waals surface area (Å²) in [4.78, 5) is 0. The Balaban J connectivity index is 2.25. The average Bonchev–Trinajstić information content (AvgIpc) is 2.41. The molecule has 0 aliphatic rings. The lowest BCUT2D eigenvalue weighted by molar-refractivity contribution is 0.547.